The first kappa shape index (κ1) is 12.5. The van der Waals surface area contributed by atoms with Gasteiger partial charge < -0.3 is 15.4 Å². The predicted molar refractivity (Wildman–Crippen MR) is 59.5 cm³/mol. The Bertz CT molecular complexity index is 225. The Balaban J connectivity index is 2.31. The number of methoxy groups -OCH3 is 1. The number of hydrogen-bond donors (Lipinski definition) is 1. The molecule has 0 heterocycles. The first-order valence-corrected chi connectivity index (χ1v) is 5.55. The van der Waals surface area contributed by atoms with E-state index in [1.807, 2.05) is 0 Å². The zero-order valence-electron chi connectivity index (χ0n) is 9.95. The van der Waals surface area contributed by atoms with E-state index in [0.29, 0.717) is 12.5 Å². The third-order valence-corrected chi connectivity index (χ3v) is 3.33. The van der Waals surface area contributed by atoms with Crippen molar-refractivity contribution in [2.45, 2.75) is 44.2 Å². The normalized spacial score (nSPS) is 20.9. The minimum Gasteiger partial charge on any atom is -0.468 e. The van der Waals surface area contributed by atoms with Crippen molar-refractivity contribution in [2.24, 2.45) is 5.73 Å². The van der Waals surface area contributed by atoms with Crippen LogP contribution in [0.4, 0.5) is 0 Å². The largest absolute Gasteiger partial charge is 0.468 e. The fraction of sp³-hybridized carbons (Fsp3) is 0.909. The molecule has 0 radical (unpaired) electrons. The van der Waals surface area contributed by atoms with Crippen molar-refractivity contribution >= 4 is 5.97 Å². The van der Waals surface area contributed by atoms with Gasteiger partial charge >= 0.3 is 5.97 Å². The molecule has 0 aliphatic heterocycles. The fourth-order valence-electron chi connectivity index (χ4n) is 1.75. The van der Waals surface area contributed by atoms with Crippen LogP contribution in [0, 0.1) is 0 Å². The minimum absolute atomic E-state index is 0.329. The number of carbonyl (C=O) groups excluding carboxylic acids is 1. The second-order valence-electron chi connectivity index (χ2n) is 4.72. The summed E-state index contributed by atoms with van der Waals surface area (Å²) < 4.78 is 4.67. The highest BCUT2D eigenvalue weighted by molar-refractivity contribution is 5.79. The molecule has 1 aliphatic rings. The summed E-state index contributed by atoms with van der Waals surface area (Å²) in [5, 5.41) is 0. The molecule has 0 saturated heterocycles. The van der Waals surface area contributed by atoms with Crippen molar-refractivity contribution in [1.29, 1.82) is 0 Å². The Morgan fingerprint density at radius 3 is 2.60 bits per heavy atom. The van der Waals surface area contributed by atoms with Crippen LogP contribution in [0.5, 0.6) is 0 Å². The minimum atomic E-state index is -0.854. The van der Waals surface area contributed by atoms with Gasteiger partial charge in [-0.2, -0.15) is 0 Å². The second kappa shape index (κ2) is 4.94. The molecule has 0 amide bonds. The molecule has 15 heavy (non-hydrogen) atoms. The summed E-state index contributed by atoms with van der Waals surface area (Å²) in [5.74, 6) is -0.329. The Morgan fingerprint density at radius 2 is 2.20 bits per heavy atom. The number of ether oxygens (including phenoxy) is 1. The molecule has 88 valence electrons. The summed E-state index contributed by atoms with van der Waals surface area (Å²) in [7, 11) is 3.47. The van der Waals surface area contributed by atoms with Gasteiger partial charge in [-0.25, -0.2) is 0 Å². The van der Waals surface area contributed by atoms with Crippen molar-refractivity contribution in [1.82, 2.24) is 4.90 Å². The number of nitrogens with two attached hydrogens (primary N) is 1. The van der Waals surface area contributed by atoms with Crippen LogP contribution in [0.3, 0.4) is 0 Å². The van der Waals surface area contributed by atoms with Crippen molar-refractivity contribution in [3.63, 3.8) is 0 Å². The van der Waals surface area contributed by atoms with E-state index in [0.717, 1.165) is 6.54 Å². The summed E-state index contributed by atoms with van der Waals surface area (Å²) in [6, 6.07) is 0.693. The molecule has 1 rings (SSSR count). The maximum Gasteiger partial charge on any atom is 0.325 e. The Hall–Kier alpha value is -0.610. The first-order valence-electron chi connectivity index (χ1n) is 5.55. The molecule has 4 heteroatoms. The highest BCUT2D eigenvalue weighted by atomic mass is 16.5. The average Bonchev–Trinajstić information content (AvgIpc) is 2.11. The summed E-state index contributed by atoms with van der Waals surface area (Å²) in [6.07, 6.45) is 4.52. The van der Waals surface area contributed by atoms with E-state index in [1.54, 1.807) is 6.92 Å². The van der Waals surface area contributed by atoms with Crippen molar-refractivity contribution in [3.8, 4) is 0 Å². The van der Waals surface area contributed by atoms with Gasteiger partial charge in [0.15, 0.2) is 0 Å². The molecule has 1 atom stereocenters. The number of rotatable bonds is 5. The molecule has 0 bridgehead atoms. The van der Waals surface area contributed by atoms with Crippen LogP contribution in [-0.2, 0) is 9.53 Å². The van der Waals surface area contributed by atoms with E-state index in [1.165, 1.54) is 26.4 Å². The maximum atomic E-state index is 11.3. The molecule has 4 nitrogen and oxygen atoms in total. The summed E-state index contributed by atoms with van der Waals surface area (Å²) in [6.45, 7) is 2.58. The number of esters is 1. The van der Waals surface area contributed by atoms with Gasteiger partial charge in [0.2, 0.25) is 0 Å². The lowest BCUT2D eigenvalue weighted by Gasteiger charge is -2.36. The third kappa shape index (κ3) is 3.18. The number of carbonyl (C=O) groups is 1. The summed E-state index contributed by atoms with van der Waals surface area (Å²) >= 11 is 0. The smallest absolute Gasteiger partial charge is 0.325 e. The van der Waals surface area contributed by atoms with Gasteiger partial charge in [0.1, 0.15) is 5.54 Å². The van der Waals surface area contributed by atoms with E-state index in [9.17, 15) is 4.79 Å². The molecule has 2 N–H and O–H groups in total. The molecule has 1 aliphatic carbocycles. The van der Waals surface area contributed by atoms with Gasteiger partial charge in [-0.15, -0.1) is 0 Å². The van der Waals surface area contributed by atoms with Gasteiger partial charge in [0.25, 0.3) is 0 Å². The topological polar surface area (TPSA) is 55.6 Å². The number of hydrogen-bond acceptors (Lipinski definition) is 4. The molecule has 1 unspecified atom stereocenters. The average molecular weight is 214 g/mol. The van der Waals surface area contributed by atoms with Gasteiger partial charge in [-0.05, 0) is 33.2 Å². The van der Waals surface area contributed by atoms with E-state index in [4.69, 9.17) is 5.73 Å². The second-order valence-corrected chi connectivity index (χ2v) is 4.72. The van der Waals surface area contributed by atoms with E-state index >= 15 is 0 Å². The Labute approximate surface area is 91.8 Å². The third-order valence-electron chi connectivity index (χ3n) is 3.33. The molecule has 0 aromatic carbocycles. The lowest BCUT2D eigenvalue weighted by Crippen LogP contribution is -2.49. The molecule has 1 fully saturated rings. The molecule has 0 spiro atoms. The Kier molecular flexibility index (Phi) is 4.11. The lowest BCUT2D eigenvalue weighted by atomic mass is 9.91. The quantitative estimate of drug-likeness (QED) is 0.686. The first-order chi connectivity index (χ1) is 6.97. The van der Waals surface area contributed by atoms with Gasteiger partial charge in [-0.3, -0.25) is 4.79 Å². The SMILES string of the molecule is COC(=O)C(C)(N)CCN(C)C1CCC1. The summed E-state index contributed by atoms with van der Waals surface area (Å²) in [5.41, 5.74) is 5.02. The zero-order valence-corrected chi connectivity index (χ0v) is 9.95. The standard InChI is InChI=1S/C11H22N2O2/c1-11(12,10(14)15-3)7-8-13(2)9-5-4-6-9/h9H,4-8,12H2,1-3H3. The van der Waals surface area contributed by atoms with Gasteiger partial charge in [-0.1, -0.05) is 6.42 Å². The van der Waals surface area contributed by atoms with Crippen molar-refractivity contribution < 1.29 is 9.53 Å². The van der Waals surface area contributed by atoms with E-state index in [2.05, 4.69) is 16.7 Å². The molecule has 1 saturated carbocycles. The highest BCUT2D eigenvalue weighted by Crippen LogP contribution is 2.24. The lowest BCUT2D eigenvalue weighted by molar-refractivity contribution is -0.146. The molecule has 0 aromatic rings. The zero-order chi connectivity index (χ0) is 11.5. The van der Waals surface area contributed by atoms with Gasteiger partial charge in [0, 0.05) is 12.6 Å². The monoisotopic (exact) mass is 214 g/mol. The van der Waals surface area contributed by atoms with Crippen LogP contribution < -0.4 is 5.73 Å². The van der Waals surface area contributed by atoms with Crippen molar-refractivity contribution in [3.05, 3.63) is 0 Å². The van der Waals surface area contributed by atoms with Crippen LogP contribution in [-0.4, -0.2) is 43.2 Å². The maximum absolute atomic E-state index is 11.3. The van der Waals surface area contributed by atoms with Crippen LogP contribution in [0.15, 0.2) is 0 Å². The predicted octanol–water partition coefficient (Wildman–Crippen LogP) is 0.751. The molecular formula is C11H22N2O2. The molecule has 0 aromatic heterocycles. The van der Waals surface area contributed by atoms with Crippen LogP contribution >= 0.6 is 0 Å². The summed E-state index contributed by atoms with van der Waals surface area (Å²) in [4.78, 5) is 13.6. The van der Waals surface area contributed by atoms with E-state index < -0.39 is 5.54 Å². The molecular weight excluding hydrogens is 192 g/mol. The van der Waals surface area contributed by atoms with E-state index in [-0.39, 0.29) is 5.97 Å². The van der Waals surface area contributed by atoms with Crippen LogP contribution in [0.2, 0.25) is 0 Å². The number of nitrogens with zero attached hydrogens (tertiary/aromatic N) is 1. The van der Waals surface area contributed by atoms with Crippen LogP contribution in [0.1, 0.15) is 32.6 Å². The fourth-order valence-corrected chi connectivity index (χ4v) is 1.75. The van der Waals surface area contributed by atoms with Gasteiger partial charge in [0.05, 0.1) is 7.11 Å². The Morgan fingerprint density at radius 1 is 1.60 bits per heavy atom. The van der Waals surface area contributed by atoms with Crippen LogP contribution in [0.25, 0.3) is 0 Å². The van der Waals surface area contributed by atoms with Crippen molar-refractivity contribution in [2.75, 3.05) is 20.7 Å². The highest BCUT2D eigenvalue weighted by Gasteiger charge is 2.31.